The fraction of sp³-hybridized carbons (Fsp3) is 0.611. The second kappa shape index (κ2) is 8.18. The van der Waals surface area contributed by atoms with Crippen molar-refractivity contribution in [3.63, 3.8) is 0 Å². The van der Waals surface area contributed by atoms with E-state index in [1.54, 1.807) is 13.2 Å². The Morgan fingerprint density at radius 2 is 2.24 bits per heavy atom. The van der Waals surface area contributed by atoms with Gasteiger partial charge in [-0.3, -0.25) is 9.79 Å². The molecule has 0 bridgehead atoms. The molecule has 1 saturated carbocycles. The molecule has 2 fully saturated rings. The van der Waals surface area contributed by atoms with Crippen LogP contribution in [0.25, 0.3) is 0 Å². The summed E-state index contributed by atoms with van der Waals surface area (Å²) in [6.45, 7) is 3.17. The molecule has 0 spiro atoms. The first-order valence-corrected chi connectivity index (χ1v) is 9.10. The van der Waals surface area contributed by atoms with Gasteiger partial charge in [-0.15, -0.1) is 0 Å². The molecule has 0 aromatic carbocycles. The van der Waals surface area contributed by atoms with Crippen LogP contribution in [-0.4, -0.2) is 43.5 Å². The molecule has 1 saturated heterocycles. The van der Waals surface area contributed by atoms with Crippen molar-refractivity contribution in [3.05, 3.63) is 23.9 Å². The van der Waals surface area contributed by atoms with Gasteiger partial charge < -0.3 is 21.3 Å². The van der Waals surface area contributed by atoms with Gasteiger partial charge in [0, 0.05) is 45.0 Å². The molecule has 0 radical (unpaired) electrons. The second-order valence-corrected chi connectivity index (χ2v) is 6.92. The molecule has 4 N–H and O–H groups in total. The first kappa shape index (κ1) is 17.5. The zero-order valence-corrected chi connectivity index (χ0v) is 14.9. The Morgan fingerprint density at radius 3 is 2.96 bits per heavy atom. The second-order valence-electron chi connectivity index (χ2n) is 6.92. The number of hydrogen-bond acceptors (Lipinski definition) is 4. The number of carbonyl (C=O) groups is 1. The van der Waals surface area contributed by atoms with Gasteiger partial charge in [0.15, 0.2) is 5.96 Å². The third-order valence-electron chi connectivity index (χ3n) is 4.92. The van der Waals surface area contributed by atoms with Gasteiger partial charge in [-0.1, -0.05) is 6.07 Å². The first-order valence-electron chi connectivity index (χ1n) is 9.10. The molecular formula is C18H28N6O. The molecule has 1 unspecified atom stereocenters. The largest absolute Gasteiger partial charge is 0.369 e. The van der Waals surface area contributed by atoms with Crippen molar-refractivity contribution in [1.29, 1.82) is 0 Å². The van der Waals surface area contributed by atoms with Crippen molar-refractivity contribution in [2.24, 2.45) is 22.6 Å². The predicted molar refractivity (Wildman–Crippen MR) is 99.3 cm³/mol. The number of primary amides is 1. The van der Waals surface area contributed by atoms with Crippen molar-refractivity contribution in [1.82, 2.24) is 15.6 Å². The van der Waals surface area contributed by atoms with Crippen molar-refractivity contribution in [3.8, 4) is 0 Å². The minimum absolute atomic E-state index is 0.0930. The Labute approximate surface area is 149 Å². The van der Waals surface area contributed by atoms with E-state index in [9.17, 15) is 4.79 Å². The molecule has 1 atom stereocenters. The molecule has 1 aromatic rings. The zero-order valence-electron chi connectivity index (χ0n) is 14.9. The Hall–Kier alpha value is -2.31. The lowest BCUT2D eigenvalue weighted by atomic mass is 9.97. The van der Waals surface area contributed by atoms with Crippen molar-refractivity contribution in [2.75, 3.05) is 31.6 Å². The van der Waals surface area contributed by atoms with Crippen LogP contribution in [0.5, 0.6) is 0 Å². The van der Waals surface area contributed by atoms with Crippen LogP contribution >= 0.6 is 0 Å². The highest BCUT2D eigenvalue weighted by Crippen LogP contribution is 2.27. The van der Waals surface area contributed by atoms with Crippen LogP contribution in [0.15, 0.2) is 23.3 Å². The van der Waals surface area contributed by atoms with Gasteiger partial charge in [0.1, 0.15) is 5.82 Å². The van der Waals surface area contributed by atoms with Crippen LogP contribution in [0.3, 0.4) is 0 Å². The van der Waals surface area contributed by atoms with E-state index in [1.807, 2.05) is 6.07 Å². The molecule has 2 heterocycles. The maximum absolute atomic E-state index is 11.5. The summed E-state index contributed by atoms with van der Waals surface area (Å²) in [7, 11) is 1.79. The molecule has 136 valence electrons. The monoisotopic (exact) mass is 344 g/mol. The molecule has 1 aliphatic heterocycles. The van der Waals surface area contributed by atoms with E-state index < -0.39 is 0 Å². The third kappa shape index (κ3) is 4.84. The van der Waals surface area contributed by atoms with Gasteiger partial charge in [0.05, 0.1) is 5.92 Å². The number of nitrogens with zero attached hydrogens (tertiary/aromatic N) is 3. The Kier molecular flexibility index (Phi) is 5.73. The molecule has 1 aromatic heterocycles. The number of anilines is 1. The number of aliphatic imine (C=N–C) groups is 1. The van der Waals surface area contributed by atoms with Crippen molar-refractivity contribution < 1.29 is 4.79 Å². The van der Waals surface area contributed by atoms with Crippen LogP contribution < -0.4 is 21.3 Å². The molecule has 7 nitrogen and oxygen atoms in total. The number of amides is 1. The van der Waals surface area contributed by atoms with Crippen LogP contribution in [0.4, 0.5) is 5.82 Å². The molecule has 1 amide bonds. The summed E-state index contributed by atoms with van der Waals surface area (Å²) >= 11 is 0. The van der Waals surface area contributed by atoms with Gasteiger partial charge in [-0.05, 0) is 37.7 Å². The maximum Gasteiger partial charge on any atom is 0.222 e. The molecule has 2 aliphatic rings. The van der Waals surface area contributed by atoms with E-state index in [0.29, 0.717) is 13.1 Å². The molecule has 25 heavy (non-hydrogen) atoms. The van der Waals surface area contributed by atoms with E-state index in [1.165, 1.54) is 12.8 Å². The van der Waals surface area contributed by atoms with Crippen LogP contribution in [0.2, 0.25) is 0 Å². The van der Waals surface area contributed by atoms with E-state index in [0.717, 1.165) is 49.2 Å². The topological polar surface area (TPSA) is 95.6 Å². The summed E-state index contributed by atoms with van der Waals surface area (Å²) in [5.41, 5.74) is 6.60. The Morgan fingerprint density at radius 1 is 1.40 bits per heavy atom. The number of piperidine rings is 1. The number of guanidine groups is 1. The Balaban J connectivity index is 1.62. The van der Waals surface area contributed by atoms with Gasteiger partial charge in [0.2, 0.25) is 5.91 Å². The number of nitrogens with two attached hydrogens (primary N) is 1. The van der Waals surface area contributed by atoms with E-state index in [-0.39, 0.29) is 11.8 Å². The molecule has 3 rings (SSSR count). The highest BCUT2D eigenvalue weighted by molar-refractivity contribution is 5.80. The summed E-state index contributed by atoms with van der Waals surface area (Å²) in [5.74, 6) is 2.23. The van der Waals surface area contributed by atoms with Crippen LogP contribution in [0, 0.1) is 11.8 Å². The first-order chi connectivity index (χ1) is 12.2. The minimum Gasteiger partial charge on any atom is -0.369 e. The maximum atomic E-state index is 11.5. The number of carbonyl (C=O) groups excluding carboxylic acids is 1. The van der Waals surface area contributed by atoms with Crippen LogP contribution in [0.1, 0.15) is 31.2 Å². The fourth-order valence-electron chi connectivity index (χ4n) is 3.22. The van der Waals surface area contributed by atoms with Gasteiger partial charge in [-0.2, -0.15) is 0 Å². The van der Waals surface area contributed by atoms with Crippen molar-refractivity contribution >= 4 is 17.7 Å². The number of hydrogen-bond donors (Lipinski definition) is 3. The SMILES string of the molecule is CN=C(NCc1cccnc1N1CCCC(C(N)=O)C1)NCC1CC1. The molecular weight excluding hydrogens is 316 g/mol. The zero-order chi connectivity index (χ0) is 17.6. The summed E-state index contributed by atoms with van der Waals surface area (Å²) in [5, 5.41) is 6.73. The molecule has 1 aliphatic carbocycles. The van der Waals surface area contributed by atoms with E-state index in [2.05, 4.69) is 31.6 Å². The van der Waals surface area contributed by atoms with Gasteiger partial charge in [0.25, 0.3) is 0 Å². The number of pyridine rings is 1. The quantitative estimate of drug-likeness (QED) is 0.525. The normalized spacial score (nSPS) is 21.1. The predicted octanol–water partition coefficient (Wildman–Crippen LogP) is 0.858. The van der Waals surface area contributed by atoms with Crippen molar-refractivity contribution in [2.45, 2.75) is 32.2 Å². The number of nitrogens with one attached hydrogen (secondary N) is 2. The summed E-state index contributed by atoms with van der Waals surface area (Å²) in [6.07, 6.45) is 6.25. The average molecular weight is 344 g/mol. The van der Waals surface area contributed by atoms with Crippen LogP contribution in [-0.2, 0) is 11.3 Å². The fourth-order valence-corrected chi connectivity index (χ4v) is 3.22. The lowest BCUT2D eigenvalue weighted by Gasteiger charge is -2.33. The smallest absolute Gasteiger partial charge is 0.222 e. The lowest BCUT2D eigenvalue weighted by molar-refractivity contribution is -0.122. The third-order valence-corrected chi connectivity index (χ3v) is 4.92. The van der Waals surface area contributed by atoms with Gasteiger partial charge >= 0.3 is 0 Å². The summed E-state index contributed by atoms with van der Waals surface area (Å²) < 4.78 is 0. The Bertz CT molecular complexity index is 628. The summed E-state index contributed by atoms with van der Waals surface area (Å²) in [4.78, 5) is 22.6. The van der Waals surface area contributed by atoms with Gasteiger partial charge in [-0.25, -0.2) is 4.98 Å². The highest BCUT2D eigenvalue weighted by Gasteiger charge is 2.26. The summed E-state index contributed by atoms with van der Waals surface area (Å²) in [6, 6.07) is 4.01. The van der Waals surface area contributed by atoms with E-state index >= 15 is 0 Å². The molecule has 7 heteroatoms. The minimum atomic E-state index is -0.218. The highest BCUT2D eigenvalue weighted by atomic mass is 16.1. The number of rotatable bonds is 6. The van der Waals surface area contributed by atoms with E-state index in [4.69, 9.17) is 5.73 Å². The number of aromatic nitrogens is 1. The average Bonchev–Trinajstić information content (AvgIpc) is 3.46. The standard InChI is InChI=1S/C18H28N6O/c1-20-18(22-10-13-6-7-13)23-11-14-4-2-8-21-17(14)24-9-3-5-15(12-24)16(19)25/h2,4,8,13,15H,3,5-7,9-12H2,1H3,(H2,19,25)(H2,20,22,23). The lowest BCUT2D eigenvalue weighted by Crippen LogP contribution is -2.42.